The molecule has 36 heavy (non-hydrogen) atoms. The van der Waals surface area contributed by atoms with Gasteiger partial charge in [0.05, 0.1) is 6.54 Å². The second-order valence-electron chi connectivity index (χ2n) is 8.98. The first-order valence-corrected chi connectivity index (χ1v) is 12.1. The number of nitrogen functional groups attached to an aromatic ring is 1. The summed E-state index contributed by atoms with van der Waals surface area (Å²) in [5, 5.41) is 13.1. The number of hydrogen-bond donors (Lipinski definition) is 3. The highest BCUT2D eigenvalue weighted by Crippen LogP contribution is 2.26. The van der Waals surface area contributed by atoms with Gasteiger partial charge in [-0.25, -0.2) is 0 Å². The number of piperidine rings is 1. The molecule has 0 unspecified atom stereocenters. The van der Waals surface area contributed by atoms with Crippen LogP contribution < -0.4 is 20.7 Å². The first-order chi connectivity index (χ1) is 17.6. The molecule has 7 nitrogen and oxygen atoms in total. The lowest BCUT2D eigenvalue weighted by molar-refractivity contribution is 0.0980. The summed E-state index contributed by atoms with van der Waals surface area (Å²) in [7, 11) is 0. The standard InChI is InChI=1S/C29H29N5O2/c30-28(31)22-7-6-21-5-4-20(17-23(21)18-22)19-34(29(35)27-3-1-2-14-33-27)24-8-10-25(11-9-24)36-26-12-15-32-16-13-26/h1-11,14,17-18,26,32H,12-13,15-16,19H2,(H3,30,31). The van der Waals surface area contributed by atoms with Crippen LogP contribution in [0.2, 0.25) is 0 Å². The van der Waals surface area contributed by atoms with Crippen molar-refractivity contribution < 1.29 is 9.53 Å². The van der Waals surface area contributed by atoms with Crippen LogP contribution >= 0.6 is 0 Å². The Balaban J connectivity index is 1.44. The molecule has 1 fully saturated rings. The molecule has 1 aliphatic heterocycles. The Morgan fingerprint density at radius 1 is 1.00 bits per heavy atom. The lowest BCUT2D eigenvalue weighted by atomic mass is 10.0. The third-order valence-corrected chi connectivity index (χ3v) is 6.42. The molecule has 0 spiro atoms. The Hall–Kier alpha value is -4.23. The summed E-state index contributed by atoms with van der Waals surface area (Å²) in [6, 6.07) is 24.8. The zero-order chi connectivity index (χ0) is 24.9. The van der Waals surface area contributed by atoms with E-state index in [4.69, 9.17) is 15.9 Å². The molecule has 5 rings (SSSR count). The summed E-state index contributed by atoms with van der Waals surface area (Å²) < 4.78 is 6.15. The Bertz CT molecular complexity index is 1370. The number of aromatic nitrogens is 1. The lowest BCUT2D eigenvalue weighted by Gasteiger charge is -2.25. The van der Waals surface area contributed by atoms with E-state index in [9.17, 15) is 4.79 Å². The summed E-state index contributed by atoms with van der Waals surface area (Å²) in [4.78, 5) is 19.6. The van der Waals surface area contributed by atoms with E-state index in [-0.39, 0.29) is 17.8 Å². The summed E-state index contributed by atoms with van der Waals surface area (Å²) in [5.74, 6) is 0.652. The number of fused-ring (bicyclic) bond motifs is 1. The molecule has 0 saturated carbocycles. The molecule has 1 saturated heterocycles. The van der Waals surface area contributed by atoms with Gasteiger partial charge < -0.3 is 20.7 Å². The highest BCUT2D eigenvalue weighted by atomic mass is 16.5. The van der Waals surface area contributed by atoms with Crippen molar-refractivity contribution in [3.63, 3.8) is 0 Å². The van der Waals surface area contributed by atoms with Gasteiger partial charge in [-0.1, -0.05) is 30.3 Å². The zero-order valence-electron chi connectivity index (χ0n) is 20.0. The predicted molar refractivity (Wildman–Crippen MR) is 143 cm³/mol. The molecule has 0 radical (unpaired) electrons. The minimum absolute atomic E-state index is 0.0288. The molecule has 7 heteroatoms. The molecule has 4 aromatic rings. The number of amides is 1. The van der Waals surface area contributed by atoms with E-state index < -0.39 is 0 Å². The van der Waals surface area contributed by atoms with Gasteiger partial charge in [-0.15, -0.1) is 0 Å². The number of nitrogens with two attached hydrogens (primary N) is 1. The molecule has 4 N–H and O–H groups in total. The van der Waals surface area contributed by atoms with Crippen molar-refractivity contribution in [2.45, 2.75) is 25.5 Å². The quantitative estimate of drug-likeness (QED) is 0.268. The second kappa shape index (κ2) is 10.6. The fourth-order valence-electron chi connectivity index (χ4n) is 4.46. The van der Waals surface area contributed by atoms with Gasteiger partial charge in [-0.3, -0.25) is 15.2 Å². The molecule has 0 bridgehead atoms. The number of ether oxygens (including phenoxy) is 1. The van der Waals surface area contributed by atoms with Crippen LogP contribution in [0.4, 0.5) is 5.69 Å². The maximum Gasteiger partial charge on any atom is 0.277 e. The van der Waals surface area contributed by atoms with Crippen molar-refractivity contribution in [3.8, 4) is 5.75 Å². The molecule has 0 aliphatic carbocycles. The molecule has 1 amide bonds. The third kappa shape index (κ3) is 5.37. The summed E-state index contributed by atoms with van der Waals surface area (Å²) in [6.45, 7) is 2.30. The fraction of sp³-hybridized carbons (Fsp3) is 0.207. The number of anilines is 1. The Kier molecular flexibility index (Phi) is 6.91. The van der Waals surface area contributed by atoms with Gasteiger partial charge in [0.2, 0.25) is 0 Å². The predicted octanol–water partition coefficient (Wildman–Crippen LogP) is 4.50. The van der Waals surface area contributed by atoms with Gasteiger partial charge in [-0.2, -0.15) is 0 Å². The van der Waals surface area contributed by atoms with E-state index in [0.29, 0.717) is 17.8 Å². The number of nitrogens with one attached hydrogen (secondary N) is 2. The van der Waals surface area contributed by atoms with Crippen LogP contribution in [0.25, 0.3) is 10.8 Å². The van der Waals surface area contributed by atoms with Crippen LogP contribution in [0, 0.1) is 5.41 Å². The van der Waals surface area contributed by atoms with Crippen LogP contribution in [0.15, 0.2) is 85.1 Å². The topological polar surface area (TPSA) is 104 Å². The maximum atomic E-state index is 13.5. The highest BCUT2D eigenvalue weighted by Gasteiger charge is 2.20. The van der Waals surface area contributed by atoms with Crippen molar-refractivity contribution in [3.05, 3.63) is 102 Å². The highest BCUT2D eigenvalue weighted by molar-refractivity contribution is 6.05. The Labute approximate surface area is 210 Å². The Morgan fingerprint density at radius 2 is 1.78 bits per heavy atom. The first kappa shape index (κ1) is 23.5. The summed E-state index contributed by atoms with van der Waals surface area (Å²) >= 11 is 0. The van der Waals surface area contributed by atoms with Crippen molar-refractivity contribution in [2.24, 2.45) is 5.73 Å². The number of hydrogen-bond acceptors (Lipinski definition) is 5. The lowest BCUT2D eigenvalue weighted by Crippen LogP contribution is -2.34. The van der Waals surface area contributed by atoms with E-state index in [0.717, 1.165) is 53.7 Å². The zero-order valence-corrected chi connectivity index (χ0v) is 20.0. The van der Waals surface area contributed by atoms with Crippen molar-refractivity contribution in [2.75, 3.05) is 18.0 Å². The minimum Gasteiger partial charge on any atom is -0.490 e. The van der Waals surface area contributed by atoms with Gasteiger partial charge >= 0.3 is 0 Å². The minimum atomic E-state index is -0.180. The third-order valence-electron chi connectivity index (χ3n) is 6.42. The largest absolute Gasteiger partial charge is 0.490 e. The number of rotatable bonds is 7. The smallest absolute Gasteiger partial charge is 0.277 e. The van der Waals surface area contributed by atoms with E-state index in [1.165, 1.54) is 0 Å². The molecular weight excluding hydrogens is 450 g/mol. The average molecular weight is 480 g/mol. The summed E-state index contributed by atoms with van der Waals surface area (Å²) in [6.07, 6.45) is 3.81. The van der Waals surface area contributed by atoms with Crippen molar-refractivity contribution in [1.82, 2.24) is 10.3 Å². The van der Waals surface area contributed by atoms with Crippen LogP contribution in [0.3, 0.4) is 0 Å². The molecule has 0 atom stereocenters. The van der Waals surface area contributed by atoms with Gasteiger partial charge in [0.25, 0.3) is 5.91 Å². The summed E-state index contributed by atoms with van der Waals surface area (Å²) in [5.41, 5.74) is 8.46. The first-order valence-electron chi connectivity index (χ1n) is 12.1. The number of carbonyl (C=O) groups excluding carboxylic acids is 1. The second-order valence-corrected chi connectivity index (χ2v) is 8.98. The van der Waals surface area contributed by atoms with Crippen LogP contribution in [-0.4, -0.2) is 35.9 Å². The number of amidine groups is 1. The Morgan fingerprint density at radius 3 is 2.50 bits per heavy atom. The van der Waals surface area contributed by atoms with Gasteiger partial charge in [0.1, 0.15) is 23.4 Å². The number of benzene rings is 3. The normalized spacial score (nSPS) is 13.9. The number of nitrogens with zero attached hydrogens (tertiary/aromatic N) is 2. The monoisotopic (exact) mass is 479 g/mol. The molecule has 1 aromatic heterocycles. The average Bonchev–Trinajstić information content (AvgIpc) is 2.92. The molecule has 3 aromatic carbocycles. The van der Waals surface area contributed by atoms with Crippen molar-refractivity contribution in [1.29, 1.82) is 5.41 Å². The van der Waals surface area contributed by atoms with E-state index in [1.807, 2.05) is 66.7 Å². The molecule has 182 valence electrons. The number of pyridine rings is 1. The number of carbonyl (C=O) groups is 1. The van der Waals surface area contributed by atoms with E-state index >= 15 is 0 Å². The van der Waals surface area contributed by atoms with E-state index in [2.05, 4.69) is 10.3 Å². The molecular formula is C29H29N5O2. The van der Waals surface area contributed by atoms with Gasteiger partial charge in [0, 0.05) is 17.4 Å². The molecule has 2 heterocycles. The van der Waals surface area contributed by atoms with Crippen LogP contribution in [-0.2, 0) is 6.54 Å². The van der Waals surface area contributed by atoms with E-state index in [1.54, 1.807) is 23.2 Å². The van der Waals surface area contributed by atoms with Gasteiger partial charge in [-0.05, 0) is 90.8 Å². The van der Waals surface area contributed by atoms with Crippen LogP contribution in [0.5, 0.6) is 5.75 Å². The SMILES string of the molecule is N=C(N)c1ccc2ccc(CN(C(=O)c3ccccn3)c3ccc(OC4CCNCC4)cc3)cc2c1. The maximum absolute atomic E-state index is 13.5. The van der Waals surface area contributed by atoms with Crippen LogP contribution in [0.1, 0.15) is 34.5 Å². The van der Waals surface area contributed by atoms with Crippen molar-refractivity contribution >= 4 is 28.2 Å². The van der Waals surface area contributed by atoms with Gasteiger partial charge in [0.15, 0.2) is 0 Å². The fourth-order valence-corrected chi connectivity index (χ4v) is 4.46. The molecule has 1 aliphatic rings.